The molecule has 2 aromatic carbocycles. The molecule has 0 saturated carbocycles. The number of ether oxygens (including phenoxy) is 2. The molecule has 0 spiro atoms. The van der Waals surface area contributed by atoms with Crippen molar-refractivity contribution in [1.82, 2.24) is 10.9 Å². The van der Waals surface area contributed by atoms with E-state index in [9.17, 15) is 4.79 Å². The number of benzene rings is 2. The molecule has 0 saturated heterocycles. The first-order valence-corrected chi connectivity index (χ1v) is 9.25. The molecule has 0 aromatic heterocycles. The van der Waals surface area contributed by atoms with Crippen molar-refractivity contribution in [2.24, 2.45) is 4.99 Å². The second kappa shape index (κ2) is 9.34. The largest absolute Gasteiger partial charge is 0.494 e. The predicted octanol–water partition coefficient (Wildman–Crippen LogP) is 1.46. The number of aliphatic hydroxyl groups is 1. The Labute approximate surface area is 164 Å². The summed E-state index contributed by atoms with van der Waals surface area (Å²) in [7, 11) is 1.64. The van der Waals surface area contributed by atoms with Crippen molar-refractivity contribution in [3.8, 4) is 5.75 Å². The maximum Gasteiger partial charge on any atom is 0.266 e. The van der Waals surface area contributed by atoms with Crippen LogP contribution in [0.5, 0.6) is 5.75 Å². The van der Waals surface area contributed by atoms with Gasteiger partial charge in [-0.3, -0.25) is 10.2 Å². The van der Waals surface area contributed by atoms with Gasteiger partial charge in [0.25, 0.3) is 5.91 Å². The number of rotatable bonds is 9. The van der Waals surface area contributed by atoms with Crippen LogP contribution in [0.15, 0.2) is 59.6 Å². The minimum Gasteiger partial charge on any atom is -0.494 e. The molecular formula is C21H25N3O4. The van der Waals surface area contributed by atoms with E-state index in [4.69, 9.17) is 14.6 Å². The number of nitrogens with one attached hydrogen (secondary N) is 2. The van der Waals surface area contributed by atoms with Crippen LogP contribution in [-0.2, 0) is 16.0 Å². The number of carbonyl (C=O) groups is 1. The maximum atomic E-state index is 12.7. The molecule has 0 bridgehead atoms. The summed E-state index contributed by atoms with van der Waals surface area (Å²) >= 11 is 0. The number of hydrazine groups is 1. The van der Waals surface area contributed by atoms with Gasteiger partial charge in [-0.05, 0) is 29.8 Å². The van der Waals surface area contributed by atoms with Crippen LogP contribution in [0.25, 0.3) is 0 Å². The van der Waals surface area contributed by atoms with Crippen molar-refractivity contribution < 1.29 is 19.4 Å². The summed E-state index contributed by atoms with van der Waals surface area (Å²) < 4.78 is 11.4. The summed E-state index contributed by atoms with van der Waals surface area (Å²) in [5.41, 5.74) is 6.08. The summed E-state index contributed by atoms with van der Waals surface area (Å²) in [5.74, 6) is 0.904. The van der Waals surface area contributed by atoms with Gasteiger partial charge in [0, 0.05) is 32.1 Å². The molecule has 0 radical (unpaired) electrons. The number of amides is 1. The van der Waals surface area contributed by atoms with Crippen molar-refractivity contribution in [2.75, 3.05) is 26.9 Å². The van der Waals surface area contributed by atoms with Gasteiger partial charge < -0.3 is 14.6 Å². The number of aliphatic imine (C=N–C) groups is 1. The molecule has 0 aliphatic carbocycles. The normalized spacial score (nSPS) is 18.3. The van der Waals surface area contributed by atoms with Crippen LogP contribution in [-0.4, -0.2) is 49.3 Å². The summed E-state index contributed by atoms with van der Waals surface area (Å²) in [6.45, 7) is 0.720. The molecule has 1 aliphatic rings. The lowest BCUT2D eigenvalue weighted by Crippen LogP contribution is -2.51. The van der Waals surface area contributed by atoms with Crippen LogP contribution in [0.3, 0.4) is 0 Å². The highest BCUT2D eigenvalue weighted by atomic mass is 16.5. The molecule has 2 aromatic rings. The molecule has 1 aliphatic heterocycles. The zero-order valence-corrected chi connectivity index (χ0v) is 15.9. The standard InChI is InChI=1S/C21H25N3O4/c1-22-24-20(26)21(14-16-6-3-2-4-7-16)15-28-19(23-21)17-8-10-18(11-9-17)27-13-5-12-25/h2-4,6-11,22,25H,5,12-15H2,1H3,(H,24,26)/t21-/m0/s1. The zero-order valence-electron chi connectivity index (χ0n) is 15.9. The van der Waals surface area contributed by atoms with Crippen molar-refractivity contribution in [3.63, 3.8) is 0 Å². The quantitative estimate of drug-likeness (QED) is 0.450. The lowest BCUT2D eigenvalue weighted by Gasteiger charge is -2.22. The lowest BCUT2D eigenvalue weighted by atomic mass is 9.91. The molecule has 28 heavy (non-hydrogen) atoms. The van der Waals surface area contributed by atoms with Crippen LogP contribution < -0.4 is 15.6 Å². The van der Waals surface area contributed by atoms with E-state index in [-0.39, 0.29) is 19.1 Å². The van der Waals surface area contributed by atoms with E-state index >= 15 is 0 Å². The molecule has 0 unspecified atom stereocenters. The molecule has 3 rings (SSSR count). The molecule has 7 nitrogen and oxygen atoms in total. The van der Waals surface area contributed by atoms with Crippen LogP contribution in [0.1, 0.15) is 17.5 Å². The van der Waals surface area contributed by atoms with Gasteiger partial charge in [0.05, 0.1) is 6.61 Å². The van der Waals surface area contributed by atoms with Crippen molar-refractivity contribution in [2.45, 2.75) is 18.4 Å². The SMILES string of the molecule is CNNC(=O)[C@]1(Cc2ccccc2)COC(c2ccc(OCCCO)cc2)=N1. The fraction of sp³-hybridized carbons (Fsp3) is 0.333. The Balaban J connectivity index is 1.80. The fourth-order valence-corrected chi connectivity index (χ4v) is 2.99. The molecule has 3 N–H and O–H groups in total. The third-order valence-corrected chi connectivity index (χ3v) is 4.44. The van der Waals surface area contributed by atoms with E-state index in [0.717, 1.165) is 11.1 Å². The number of hydrogen-bond acceptors (Lipinski definition) is 6. The van der Waals surface area contributed by atoms with Crippen molar-refractivity contribution in [1.29, 1.82) is 0 Å². The summed E-state index contributed by atoms with van der Waals surface area (Å²) in [5, 5.41) is 8.82. The van der Waals surface area contributed by atoms with E-state index in [1.54, 1.807) is 7.05 Å². The smallest absolute Gasteiger partial charge is 0.266 e. The Morgan fingerprint density at radius 2 is 1.96 bits per heavy atom. The van der Waals surface area contributed by atoms with Gasteiger partial charge in [-0.25, -0.2) is 10.4 Å². The minimum absolute atomic E-state index is 0.0981. The van der Waals surface area contributed by atoms with Gasteiger partial charge in [-0.2, -0.15) is 0 Å². The van der Waals surface area contributed by atoms with Crippen molar-refractivity contribution >= 4 is 11.8 Å². The molecule has 0 fully saturated rings. The highest BCUT2D eigenvalue weighted by Gasteiger charge is 2.44. The van der Waals surface area contributed by atoms with Crippen LogP contribution in [0.4, 0.5) is 0 Å². The Morgan fingerprint density at radius 3 is 2.64 bits per heavy atom. The second-order valence-electron chi connectivity index (χ2n) is 6.55. The number of nitrogens with zero attached hydrogens (tertiary/aromatic N) is 1. The Bertz CT molecular complexity index is 808. The maximum absolute atomic E-state index is 12.7. The molecule has 148 valence electrons. The van der Waals surface area contributed by atoms with E-state index in [0.29, 0.717) is 31.1 Å². The lowest BCUT2D eigenvalue weighted by molar-refractivity contribution is -0.127. The average molecular weight is 383 g/mol. The molecule has 1 atom stereocenters. The first kappa shape index (κ1) is 19.9. The Hall–Kier alpha value is -2.90. The highest BCUT2D eigenvalue weighted by molar-refractivity contribution is 6.00. The third kappa shape index (κ3) is 4.68. The fourth-order valence-electron chi connectivity index (χ4n) is 2.99. The topological polar surface area (TPSA) is 92.2 Å². The first-order chi connectivity index (χ1) is 13.7. The summed E-state index contributed by atoms with van der Waals surface area (Å²) in [6.07, 6.45) is 1.02. The van der Waals surface area contributed by atoms with Crippen LogP contribution in [0.2, 0.25) is 0 Å². The third-order valence-electron chi connectivity index (χ3n) is 4.44. The summed E-state index contributed by atoms with van der Waals surface area (Å²) in [6, 6.07) is 17.1. The molecule has 1 heterocycles. The van der Waals surface area contributed by atoms with E-state index in [1.807, 2.05) is 54.6 Å². The van der Waals surface area contributed by atoms with E-state index < -0.39 is 5.54 Å². The van der Waals surface area contributed by atoms with Gasteiger partial charge in [0.15, 0.2) is 5.54 Å². The summed E-state index contributed by atoms with van der Waals surface area (Å²) in [4.78, 5) is 17.4. The predicted molar refractivity (Wildman–Crippen MR) is 106 cm³/mol. The number of hydrogen-bond donors (Lipinski definition) is 3. The van der Waals surface area contributed by atoms with E-state index in [2.05, 4.69) is 15.8 Å². The number of carbonyl (C=O) groups excluding carboxylic acids is 1. The minimum atomic E-state index is -1.03. The van der Waals surface area contributed by atoms with Gasteiger partial charge in [-0.15, -0.1) is 0 Å². The molecule has 1 amide bonds. The van der Waals surface area contributed by atoms with Crippen LogP contribution >= 0.6 is 0 Å². The second-order valence-corrected chi connectivity index (χ2v) is 6.55. The molecule has 7 heteroatoms. The Kier molecular flexibility index (Phi) is 6.62. The average Bonchev–Trinajstić information content (AvgIpc) is 3.15. The van der Waals surface area contributed by atoms with Crippen LogP contribution in [0, 0.1) is 0 Å². The monoisotopic (exact) mass is 383 g/mol. The highest BCUT2D eigenvalue weighted by Crippen LogP contribution is 2.27. The Morgan fingerprint density at radius 1 is 1.21 bits per heavy atom. The zero-order chi connectivity index (χ0) is 19.8. The van der Waals surface area contributed by atoms with Gasteiger partial charge in [0.1, 0.15) is 12.4 Å². The van der Waals surface area contributed by atoms with Gasteiger partial charge in [-0.1, -0.05) is 30.3 Å². The molecular weight excluding hydrogens is 358 g/mol. The first-order valence-electron chi connectivity index (χ1n) is 9.25. The van der Waals surface area contributed by atoms with Gasteiger partial charge in [0.2, 0.25) is 5.90 Å². The van der Waals surface area contributed by atoms with Crippen molar-refractivity contribution in [3.05, 3.63) is 65.7 Å². The number of aliphatic hydroxyl groups excluding tert-OH is 1. The van der Waals surface area contributed by atoms with Gasteiger partial charge >= 0.3 is 0 Å². The van der Waals surface area contributed by atoms with E-state index in [1.165, 1.54) is 0 Å².